The van der Waals surface area contributed by atoms with E-state index in [0.717, 1.165) is 43.6 Å². The van der Waals surface area contributed by atoms with Crippen molar-refractivity contribution in [1.29, 1.82) is 0 Å². The highest BCUT2D eigenvalue weighted by Crippen LogP contribution is 2.21. The Kier molecular flexibility index (Phi) is 7.77. The van der Waals surface area contributed by atoms with Crippen LogP contribution in [0.25, 0.3) is 0 Å². The topological polar surface area (TPSA) is 61.8 Å². The Bertz CT molecular complexity index is 824. The Morgan fingerprint density at radius 2 is 2.10 bits per heavy atom. The molecule has 2 aromatic rings. The fourth-order valence-corrected chi connectivity index (χ4v) is 4.02. The molecule has 0 saturated carbocycles. The van der Waals surface area contributed by atoms with Crippen molar-refractivity contribution in [2.45, 2.75) is 37.9 Å². The number of thioether (sulfide) groups is 1. The average molecular weight is 414 g/mol. The van der Waals surface area contributed by atoms with Crippen LogP contribution in [-0.4, -0.2) is 50.0 Å². The number of aromatic nitrogens is 1. The summed E-state index contributed by atoms with van der Waals surface area (Å²) in [4.78, 5) is 12.5. The molecule has 1 atom stereocenters. The number of nitrogens with zero attached hydrogens (tertiary/aromatic N) is 3. The first kappa shape index (κ1) is 21.5. The molecule has 0 radical (unpaired) electrons. The summed E-state index contributed by atoms with van der Waals surface area (Å²) in [6.45, 7) is 8.17. The number of morpholine rings is 1. The minimum absolute atomic E-state index is 0.251. The van der Waals surface area contributed by atoms with E-state index in [4.69, 9.17) is 4.74 Å². The number of hydrogen-bond acceptors (Lipinski definition) is 5. The van der Waals surface area contributed by atoms with Gasteiger partial charge < -0.3 is 20.3 Å². The molecule has 29 heavy (non-hydrogen) atoms. The summed E-state index contributed by atoms with van der Waals surface area (Å²) in [6.07, 6.45) is 4.29. The molecule has 1 aliphatic heterocycles. The standard InChI is InChI=1S/C22H31N5OS/c1-16-5-7-19(20(11-16)29-4)14-26-22(23-3)25-13-18-6-8-21(24-12-18)27-9-10-28-17(2)15-27/h5-8,11-12,17H,9-10,13-15H2,1-4H3,(H2,23,25,26). The molecule has 1 unspecified atom stereocenters. The molecule has 0 spiro atoms. The van der Waals surface area contributed by atoms with Crippen LogP contribution in [0.2, 0.25) is 0 Å². The lowest BCUT2D eigenvalue weighted by Gasteiger charge is -2.32. The summed E-state index contributed by atoms with van der Waals surface area (Å²) < 4.78 is 5.60. The van der Waals surface area contributed by atoms with Gasteiger partial charge in [-0.1, -0.05) is 18.2 Å². The van der Waals surface area contributed by atoms with E-state index in [0.29, 0.717) is 6.54 Å². The minimum atomic E-state index is 0.251. The van der Waals surface area contributed by atoms with E-state index in [9.17, 15) is 0 Å². The van der Waals surface area contributed by atoms with Crippen LogP contribution in [0, 0.1) is 6.92 Å². The molecule has 6 nitrogen and oxygen atoms in total. The molecule has 0 aliphatic carbocycles. The maximum atomic E-state index is 5.60. The largest absolute Gasteiger partial charge is 0.375 e. The Morgan fingerprint density at radius 1 is 1.28 bits per heavy atom. The number of nitrogens with one attached hydrogen (secondary N) is 2. The quantitative estimate of drug-likeness (QED) is 0.431. The molecule has 1 aromatic heterocycles. The first-order valence-corrected chi connectivity index (χ1v) is 11.2. The van der Waals surface area contributed by atoms with Crippen molar-refractivity contribution < 1.29 is 4.74 Å². The lowest BCUT2D eigenvalue weighted by Crippen LogP contribution is -2.41. The highest BCUT2D eigenvalue weighted by atomic mass is 32.2. The van der Waals surface area contributed by atoms with Crippen LogP contribution < -0.4 is 15.5 Å². The number of aryl methyl sites for hydroxylation is 1. The lowest BCUT2D eigenvalue weighted by atomic mass is 10.1. The first-order valence-electron chi connectivity index (χ1n) is 9.98. The number of benzene rings is 1. The van der Waals surface area contributed by atoms with Crippen molar-refractivity contribution in [2.24, 2.45) is 4.99 Å². The molecule has 0 amide bonds. The Hall–Kier alpha value is -2.25. The average Bonchev–Trinajstić information content (AvgIpc) is 2.75. The fourth-order valence-electron chi connectivity index (χ4n) is 3.32. The molecular weight excluding hydrogens is 382 g/mol. The van der Waals surface area contributed by atoms with Gasteiger partial charge in [0, 0.05) is 44.3 Å². The van der Waals surface area contributed by atoms with E-state index >= 15 is 0 Å². The van der Waals surface area contributed by atoms with Gasteiger partial charge in [-0.3, -0.25) is 4.99 Å². The zero-order valence-corrected chi connectivity index (χ0v) is 18.6. The molecule has 1 aliphatic rings. The molecule has 1 aromatic carbocycles. The Morgan fingerprint density at radius 3 is 2.79 bits per heavy atom. The first-order chi connectivity index (χ1) is 14.1. The maximum absolute atomic E-state index is 5.60. The predicted octanol–water partition coefficient (Wildman–Crippen LogP) is 3.20. The summed E-state index contributed by atoms with van der Waals surface area (Å²) in [6, 6.07) is 10.8. The Balaban J connectivity index is 1.52. The van der Waals surface area contributed by atoms with Crippen molar-refractivity contribution in [3.8, 4) is 0 Å². The van der Waals surface area contributed by atoms with Gasteiger partial charge in [0.25, 0.3) is 0 Å². The van der Waals surface area contributed by atoms with E-state index in [1.165, 1.54) is 16.0 Å². The predicted molar refractivity (Wildman–Crippen MR) is 122 cm³/mol. The van der Waals surface area contributed by atoms with Gasteiger partial charge in [0.05, 0.1) is 12.7 Å². The van der Waals surface area contributed by atoms with Crippen LogP contribution in [0.15, 0.2) is 46.4 Å². The number of anilines is 1. The van der Waals surface area contributed by atoms with Crippen LogP contribution in [0.1, 0.15) is 23.6 Å². The van der Waals surface area contributed by atoms with E-state index in [1.807, 2.05) is 6.20 Å². The normalized spacial score (nSPS) is 17.3. The molecular formula is C22H31N5OS. The monoisotopic (exact) mass is 413 g/mol. The summed E-state index contributed by atoms with van der Waals surface area (Å²) in [5.74, 6) is 1.79. The highest BCUT2D eigenvalue weighted by Gasteiger charge is 2.17. The van der Waals surface area contributed by atoms with Crippen molar-refractivity contribution >= 4 is 23.5 Å². The fraction of sp³-hybridized carbons (Fsp3) is 0.455. The van der Waals surface area contributed by atoms with E-state index in [-0.39, 0.29) is 6.10 Å². The number of pyridine rings is 1. The number of hydrogen-bond donors (Lipinski definition) is 2. The van der Waals surface area contributed by atoms with Gasteiger partial charge in [0.15, 0.2) is 5.96 Å². The second kappa shape index (κ2) is 10.5. The molecule has 7 heteroatoms. The summed E-state index contributed by atoms with van der Waals surface area (Å²) >= 11 is 1.77. The van der Waals surface area contributed by atoms with E-state index in [2.05, 4.69) is 75.9 Å². The summed E-state index contributed by atoms with van der Waals surface area (Å²) in [5.41, 5.74) is 3.68. The minimum Gasteiger partial charge on any atom is -0.375 e. The molecule has 1 fully saturated rings. The SMILES string of the molecule is CN=C(NCc1ccc(N2CCOC(C)C2)nc1)NCc1ccc(C)cc1SC. The third-order valence-corrected chi connectivity index (χ3v) is 5.77. The van der Waals surface area contributed by atoms with Gasteiger partial charge in [0.2, 0.25) is 0 Å². The molecule has 156 valence electrons. The van der Waals surface area contributed by atoms with Crippen LogP contribution >= 0.6 is 11.8 Å². The van der Waals surface area contributed by atoms with Crippen molar-refractivity contribution in [1.82, 2.24) is 15.6 Å². The van der Waals surface area contributed by atoms with Crippen LogP contribution in [-0.2, 0) is 17.8 Å². The summed E-state index contributed by atoms with van der Waals surface area (Å²) in [7, 11) is 1.79. The molecule has 0 bridgehead atoms. The van der Waals surface area contributed by atoms with Crippen molar-refractivity contribution in [3.63, 3.8) is 0 Å². The van der Waals surface area contributed by atoms with Crippen LogP contribution in [0.4, 0.5) is 5.82 Å². The van der Waals surface area contributed by atoms with E-state index in [1.54, 1.807) is 18.8 Å². The second-order valence-electron chi connectivity index (χ2n) is 7.25. The number of ether oxygens (including phenoxy) is 1. The van der Waals surface area contributed by atoms with Gasteiger partial charge in [-0.15, -0.1) is 11.8 Å². The third kappa shape index (κ3) is 6.11. The third-order valence-electron chi connectivity index (χ3n) is 4.95. The van der Waals surface area contributed by atoms with Gasteiger partial charge in [-0.25, -0.2) is 4.98 Å². The van der Waals surface area contributed by atoms with Crippen molar-refractivity contribution in [3.05, 3.63) is 53.2 Å². The lowest BCUT2D eigenvalue weighted by molar-refractivity contribution is 0.0529. The zero-order valence-electron chi connectivity index (χ0n) is 17.7. The van der Waals surface area contributed by atoms with Crippen LogP contribution in [0.5, 0.6) is 0 Å². The van der Waals surface area contributed by atoms with E-state index < -0.39 is 0 Å². The van der Waals surface area contributed by atoms with Gasteiger partial charge in [0.1, 0.15) is 5.82 Å². The van der Waals surface area contributed by atoms with Gasteiger partial charge in [-0.05, 0) is 48.9 Å². The van der Waals surface area contributed by atoms with Gasteiger partial charge in [-0.2, -0.15) is 0 Å². The van der Waals surface area contributed by atoms with Crippen LogP contribution in [0.3, 0.4) is 0 Å². The maximum Gasteiger partial charge on any atom is 0.191 e. The Labute approximate surface area is 178 Å². The molecule has 1 saturated heterocycles. The number of rotatable bonds is 6. The zero-order chi connectivity index (χ0) is 20.6. The van der Waals surface area contributed by atoms with Gasteiger partial charge >= 0.3 is 0 Å². The molecule has 2 N–H and O–H groups in total. The highest BCUT2D eigenvalue weighted by molar-refractivity contribution is 7.98. The smallest absolute Gasteiger partial charge is 0.191 e. The molecule has 3 rings (SSSR count). The second-order valence-corrected chi connectivity index (χ2v) is 8.09. The van der Waals surface area contributed by atoms with Crippen molar-refractivity contribution in [2.75, 3.05) is 37.9 Å². The molecule has 2 heterocycles. The summed E-state index contributed by atoms with van der Waals surface area (Å²) in [5, 5.41) is 6.77. The number of guanidine groups is 1. The number of aliphatic imine (C=N–C) groups is 1.